The number of likely N-dealkylation sites (tertiary alicyclic amines) is 1. The lowest BCUT2D eigenvalue weighted by atomic mass is 10.1. The van der Waals surface area contributed by atoms with Gasteiger partial charge in [-0.2, -0.15) is 0 Å². The van der Waals surface area contributed by atoms with E-state index in [0.29, 0.717) is 0 Å². The molecule has 3 rings (SSSR count). The Kier molecular flexibility index (Phi) is 3.48. The van der Waals surface area contributed by atoms with Gasteiger partial charge in [0.05, 0.1) is 6.04 Å². The molecule has 3 atom stereocenters. The second kappa shape index (κ2) is 5.14. The highest BCUT2D eigenvalue weighted by atomic mass is 19.1. The minimum absolute atomic E-state index is 0.139. The van der Waals surface area contributed by atoms with Crippen LogP contribution in [0.4, 0.5) is 4.39 Å². The molecular formula is C15H20FN3O. The van der Waals surface area contributed by atoms with Crippen molar-refractivity contribution in [3.63, 3.8) is 0 Å². The summed E-state index contributed by atoms with van der Waals surface area (Å²) < 4.78 is 13.1. The summed E-state index contributed by atoms with van der Waals surface area (Å²) in [7, 11) is 2.07. The highest BCUT2D eigenvalue weighted by molar-refractivity contribution is 5.84. The summed E-state index contributed by atoms with van der Waals surface area (Å²) in [5.41, 5.74) is 0.943. The Bertz CT molecular complexity index is 504. The van der Waals surface area contributed by atoms with Crippen LogP contribution in [0.2, 0.25) is 0 Å². The largest absolute Gasteiger partial charge is 0.317 e. The summed E-state index contributed by atoms with van der Waals surface area (Å²) in [5, 5.41) is 3.32. The molecule has 5 heteroatoms. The molecule has 3 unspecified atom stereocenters. The zero-order valence-corrected chi connectivity index (χ0v) is 11.8. The second-order valence-electron chi connectivity index (χ2n) is 5.79. The number of rotatable bonds is 2. The first kappa shape index (κ1) is 13.5. The third-order valence-electron chi connectivity index (χ3n) is 4.26. The van der Waals surface area contributed by atoms with Crippen molar-refractivity contribution < 1.29 is 9.18 Å². The Morgan fingerprint density at radius 1 is 1.30 bits per heavy atom. The second-order valence-corrected chi connectivity index (χ2v) is 5.79. The zero-order valence-electron chi connectivity index (χ0n) is 11.8. The SMILES string of the molecule is CC1NC(c2ccc(F)cc2)N(C2CCN(C)C2)C1=O. The average molecular weight is 277 g/mol. The minimum Gasteiger partial charge on any atom is -0.317 e. The fourth-order valence-corrected chi connectivity index (χ4v) is 3.17. The fourth-order valence-electron chi connectivity index (χ4n) is 3.17. The van der Waals surface area contributed by atoms with Crippen LogP contribution in [-0.4, -0.2) is 47.9 Å². The smallest absolute Gasteiger partial charge is 0.241 e. The number of likely N-dealkylation sites (N-methyl/N-ethyl adjacent to an activating group) is 1. The van der Waals surface area contributed by atoms with Crippen LogP contribution in [0, 0.1) is 5.82 Å². The number of carbonyl (C=O) groups is 1. The minimum atomic E-state index is -0.252. The highest BCUT2D eigenvalue weighted by Crippen LogP contribution is 2.30. The molecule has 20 heavy (non-hydrogen) atoms. The van der Waals surface area contributed by atoms with Crippen LogP contribution in [0.1, 0.15) is 25.1 Å². The number of amides is 1. The first-order valence-electron chi connectivity index (χ1n) is 7.08. The highest BCUT2D eigenvalue weighted by Gasteiger charge is 2.42. The quantitative estimate of drug-likeness (QED) is 0.886. The van der Waals surface area contributed by atoms with Crippen LogP contribution in [0.25, 0.3) is 0 Å². The molecule has 2 fully saturated rings. The fraction of sp³-hybridized carbons (Fsp3) is 0.533. The summed E-state index contributed by atoms with van der Waals surface area (Å²) in [6.45, 7) is 3.80. The molecule has 0 spiro atoms. The summed E-state index contributed by atoms with van der Waals surface area (Å²) in [5.74, 6) is -0.113. The maximum absolute atomic E-state index is 13.1. The molecule has 0 saturated carbocycles. The predicted octanol–water partition coefficient (Wildman–Crippen LogP) is 1.35. The van der Waals surface area contributed by atoms with E-state index < -0.39 is 0 Å². The standard InChI is InChI=1S/C15H20FN3O/c1-10-15(20)19(13-7-8-18(2)9-13)14(17-10)11-3-5-12(16)6-4-11/h3-6,10,13-14,17H,7-9H2,1-2H3. The number of benzene rings is 1. The topological polar surface area (TPSA) is 35.6 Å². The molecule has 0 aromatic heterocycles. The van der Waals surface area contributed by atoms with Crippen molar-refractivity contribution in [3.05, 3.63) is 35.6 Å². The van der Waals surface area contributed by atoms with Gasteiger partial charge in [-0.3, -0.25) is 10.1 Å². The van der Waals surface area contributed by atoms with E-state index in [-0.39, 0.29) is 30.0 Å². The summed E-state index contributed by atoms with van der Waals surface area (Å²) in [4.78, 5) is 16.6. The maximum atomic E-state index is 13.1. The zero-order chi connectivity index (χ0) is 14.3. The lowest BCUT2D eigenvalue weighted by Gasteiger charge is -2.30. The first-order chi connectivity index (χ1) is 9.56. The molecule has 108 valence electrons. The third kappa shape index (κ3) is 2.31. The van der Waals surface area contributed by atoms with Crippen LogP contribution in [0.5, 0.6) is 0 Å². The molecule has 0 bridgehead atoms. The van der Waals surface area contributed by atoms with E-state index in [4.69, 9.17) is 0 Å². The third-order valence-corrected chi connectivity index (χ3v) is 4.26. The maximum Gasteiger partial charge on any atom is 0.241 e. The van der Waals surface area contributed by atoms with Gasteiger partial charge >= 0.3 is 0 Å². The molecule has 1 N–H and O–H groups in total. The lowest BCUT2D eigenvalue weighted by molar-refractivity contribution is -0.131. The van der Waals surface area contributed by atoms with Crippen molar-refractivity contribution in [1.29, 1.82) is 0 Å². The Labute approximate surface area is 118 Å². The van der Waals surface area contributed by atoms with Crippen LogP contribution < -0.4 is 5.32 Å². The van der Waals surface area contributed by atoms with Crippen molar-refractivity contribution in [2.75, 3.05) is 20.1 Å². The average Bonchev–Trinajstić information content (AvgIpc) is 2.96. The molecule has 1 aromatic rings. The van der Waals surface area contributed by atoms with E-state index in [0.717, 1.165) is 25.1 Å². The van der Waals surface area contributed by atoms with Crippen LogP contribution in [-0.2, 0) is 4.79 Å². The van der Waals surface area contributed by atoms with Gasteiger partial charge in [0.2, 0.25) is 5.91 Å². The molecule has 0 aliphatic carbocycles. The molecule has 4 nitrogen and oxygen atoms in total. The molecule has 0 radical (unpaired) electrons. The monoisotopic (exact) mass is 277 g/mol. The van der Waals surface area contributed by atoms with Gasteiger partial charge in [0.1, 0.15) is 12.0 Å². The van der Waals surface area contributed by atoms with E-state index in [2.05, 4.69) is 17.3 Å². The molecule has 1 amide bonds. The van der Waals surface area contributed by atoms with Crippen molar-refractivity contribution in [2.45, 2.75) is 31.6 Å². The molecule has 2 aliphatic rings. The normalized spacial score (nSPS) is 31.2. The van der Waals surface area contributed by atoms with Gasteiger partial charge in [-0.25, -0.2) is 4.39 Å². The number of nitrogens with one attached hydrogen (secondary N) is 1. The number of hydrogen-bond acceptors (Lipinski definition) is 3. The van der Waals surface area contributed by atoms with Crippen molar-refractivity contribution in [1.82, 2.24) is 15.1 Å². The summed E-state index contributed by atoms with van der Waals surface area (Å²) >= 11 is 0. The Balaban J connectivity index is 1.88. The molecule has 2 aliphatic heterocycles. The summed E-state index contributed by atoms with van der Waals surface area (Å²) in [6.07, 6.45) is 0.850. The van der Waals surface area contributed by atoms with Crippen molar-refractivity contribution in [3.8, 4) is 0 Å². The van der Waals surface area contributed by atoms with Gasteiger partial charge in [0.15, 0.2) is 0 Å². The number of hydrogen-bond donors (Lipinski definition) is 1. The van der Waals surface area contributed by atoms with E-state index in [1.165, 1.54) is 12.1 Å². The van der Waals surface area contributed by atoms with Crippen LogP contribution in [0.3, 0.4) is 0 Å². The van der Waals surface area contributed by atoms with E-state index in [1.807, 2.05) is 11.8 Å². The first-order valence-corrected chi connectivity index (χ1v) is 7.08. The molecule has 2 heterocycles. The molecule has 1 aromatic carbocycles. The molecule has 2 saturated heterocycles. The van der Waals surface area contributed by atoms with Crippen LogP contribution >= 0.6 is 0 Å². The van der Waals surface area contributed by atoms with Gasteiger partial charge in [0.25, 0.3) is 0 Å². The van der Waals surface area contributed by atoms with Gasteiger partial charge in [0, 0.05) is 12.6 Å². The predicted molar refractivity (Wildman–Crippen MR) is 74.5 cm³/mol. The lowest BCUT2D eigenvalue weighted by Crippen LogP contribution is -2.41. The van der Waals surface area contributed by atoms with Gasteiger partial charge in [-0.1, -0.05) is 12.1 Å². The van der Waals surface area contributed by atoms with Crippen molar-refractivity contribution in [2.24, 2.45) is 0 Å². The Morgan fingerprint density at radius 2 is 2.00 bits per heavy atom. The van der Waals surface area contributed by atoms with Gasteiger partial charge < -0.3 is 9.80 Å². The van der Waals surface area contributed by atoms with Crippen molar-refractivity contribution >= 4 is 5.91 Å². The summed E-state index contributed by atoms with van der Waals surface area (Å²) in [6, 6.07) is 6.46. The molecular weight excluding hydrogens is 257 g/mol. The van der Waals surface area contributed by atoms with E-state index in [1.54, 1.807) is 12.1 Å². The number of nitrogens with zero attached hydrogens (tertiary/aromatic N) is 2. The van der Waals surface area contributed by atoms with E-state index in [9.17, 15) is 9.18 Å². The Morgan fingerprint density at radius 3 is 2.60 bits per heavy atom. The Hall–Kier alpha value is -1.46. The number of halogens is 1. The van der Waals surface area contributed by atoms with E-state index >= 15 is 0 Å². The van der Waals surface area contributed by atoms with Crippen LogP contribution in [0.15, 0.2) is 24.3 Å². The number of carbonyl (C=O) groups excluding carboxylic acids is 1. The van der Waals surface area contributed by atoms with Gasteiger partial charge in [-0.15, -0.1) is 0 Å². The van der Waals surface area contributed by atoms with Gasteiger partial charge in [-0.05, 0) is 44.6 Å².